The molecule has 0 aliphatic carbocycles. The molecule has 0 N–H and O–H groups in total. The molecule has 12 rings (SSSR count). The third-order valence-electron chi connectivity index (χ3n) is 16.8. The Kier molecular flexibility index (Phi) is 13.9. The van der Waals surface area contributed by atoms with Gasteiger partial charge in [0.2, 0.25) is 0 Å². The van der Waals surface area contributed by atoms with Crippen LogP contribution in [0.15, 0.2) is 170 Å². The molecule has 12 aromatic rings. The fraction of sp³-hybridized carbons (Fsp3) is 0.205. The van der Waals surface area contributed by atoms with Crippen molar-refractivity contribution in [3.63, 3.8) is 0 Å². The van der Waals surface area contributed by atoms with Crippen LogP contribution in [0.1, 0.15) is 111 Å². The first-order valence-electron chi connectivity index (χ1n) is 29.4. The molecule has 0 amide bonds. The van der Waals surface area contributed by atoms with Crippen molar-refractivity contribution >= 4 is 66.4 Å². The summed E-state index contributed by atoms with van der Waals surface area (Å²) in [7, 11) is 0. The molecule has 0 spiro atoms. The van der Waals surface area contributed by atoms with E-state index in [0.29, 0.717) is 45.8 Å². The summed E-state index contributed by atoms with van der Waals surface area (Å²) in [5, 5.41) is 13.6. The number of benzene rings is 9. The second kappa shape index (κ2) is 21.2. The van der Waals surface area contributed by atoms with Crippen LogP contribution in [0.5, 0.6) is 0 Å². The predicted octanol–water partition coefficient (Wildman–Crippen LogP) is 21.7. The van der Waals surface area contributed by atoms with Gasteiger partial charge in [-0.15, -0.1) is 0 Å². The Hall–Kier alpha value is -11.0. The third-order valence-corrected chi connectivity index (χ3v) is 16.8. The number of hydrogen-bond donors (Lipinski definition) is 0. The predicted molar refractivity (Wildman–Crippen MR) is 360 cm³/mol. The number of aromatic nitrogens is 5. The van der Waals surface area contributed by atoms with Gasteiger partial charge in [0.1, 0.15) is 0 Å². The number of hydrogen-bond acceptors (Lipinski definition) is 4. The van der Waals surface area contributed by atoms with E-state index in [2.05, 4.69) is 190 Å². The smallest absolute Gasteiger partial charge is 0.188 e. The molecule has 3 heterocycles. The molecule has 0 atom stereocenters. The zero-order valence-corrected chi connectivity index (χ0v) is 51.6. The van der Waals surface area contributed by atoms with E-state index in [-0.39, 0.29) is 21.7 Å². The lowest BCUT2D eigenvalue weighted by Crippen LogP contribution is -2.17. The maximum atomic E-state index is 10.3. The van der Waals surface area contributed by atoms with Crippen LogP contribution in [0.3, 0.4) is 0 Å². The lowest BCUT2D eigenvalue weighted by atomic mass is 9.79. The zero-order chi connectivity index (χ0) is 62.4. The van der Waals surface area contributed by atoms with Gasteiger partial charge in [0, 0.05) is 33.2 Å². The van der Waals surface area contributed by atoms with Gasteiger partial charge in [0.25, 0.3) is 0 Å². The van der Waals surface area contributed by atoms with Gasteiger partial charge in [-0.3, -0.25) is 0 Å². The second-order valence-electron chi connectivity index (χ2n) is 27.0. The molecule has 0 aliphatic heterocycles. The molecule has 3 aromatic heterocycles. The van der Waals surface area contributed by atoms with E-state index >= 15 is 0 Å². The van der Waals surface area contributed by atoms with E-state index < -0.39 is 0 Å². The van der Waals surface area contributed by atoms with Crippen LogP contribution in [0.2, 0.25) is 0 Å². The summed E-state index contributed by atoms with van der Waals surface area (Å²) in [5.74, 6) is 1.55. The highest BCUT2D eigenvalue weighted by atomic mass is 15.0. The molecule has 10 heteroatoms. The topological polar surface area (TPSA) is 89.8 Å². The lowest BCUT2D eigenvalue weighted by Gasteiger charge is -2.26. The molecular weight excluding hydrogens is 1080 g/mol. The van der Waals surface area contributed by atoms with Crippen molar-refractivity contribution in [3.05, 3.63) is 243 Å². The maximum Gasteiger partial charge on any atom is 0.188 e. The van der Waals surface area contributed by atoms with Crippen molar-refractivity contribution in [2.45, 2.75) is 105 Å². The Labute approximate surface area is 515 Å². The molecule has 0 saturated heterocycles. The summed E-state index contributed by atoms with van der Waals surface area (Å²) >= 11 is 0. The van der Waals surface area contributed by atoms with Crippen molar-refractivity contribution in [1.82, 2.24) is 24.1 Å². The van der Waals surface area contributed by atoms with Gasteiger partial charge in [-0.1, -0.05) is 144 Å². The minimum atomic E-state index is -0.192. The van der Waals surface area contributed by atoms with Crippen LogP contribution in [0, 0.1) is 37.6 Å². The molecule has 426 valence electrons. The summed E-state index contributed by atoms with van der Waals surface area (Å²) in [5.41, 5.74) is 17.3. The largest absolute Gasteiger partial charge is 0.309 e. The number of rotatable bonds is 7. The summed E-state index contributed by atoms with van der Waals surface area (Å²) in [4.78, 5) is 31.9. The summed E-state index contributed by atoms with van der Waals surface area (Å²) in [6.07, 6.45) is 0. The SMILES string of the molecule is [C-]#[N+]c1ccc(-c2ccc(-n3c4ccc([N+]#[C-])cc4c4cc([N+]#[C-])ccc43)c(-c3cc(-c4nc(-c5cc(C(C)(C)C)cc(C(C)(C)C)c5)nc(-c5cc(C(C)(C)C)cc(C(C)(C)C)c5)n4)ccc3-n3c4ccc(C#N)cc4c4cc([N+]#[C-])ccc43)c2)cc1. The fourth-order valence-corrected chi connectivity index (χ4v) is 11.8. The summed E-state index contributed by atoms with van der Waals surface area (Å²) in [6.45, 7) is 58.9. The highest BCUT2D eigenvalue weighted by Gasteiger charge is 2.28. The zero-order valence-electron chi connectivity index (χ0n) is 51.6. The minimum absolute atomic E-state index is 0.192. The molecular formula is C78H64N10. The summed E-state index contributed by atoms with van der Waals surface area (Å²) in [6, 6.07) is 59.2. The molecule has 10 nitrogen and oxygen atoms in total. The third kappa shape index (κ3) is 10.4. The van der Waals surface area contributed by atoms with E-state index in [1.54, 1.807) is 0 Å². The molecule has 0 unspecified atom stereocenters. The Bertz CT molecular complexity index is 4820. The Morgan fingerprint density at radius 3 is 1.01 bits per heavy atom. The van der Waals surface area contributed by atoms with E-state index in [1.165, 1.54) is 22.3 Å². The van der Waals surface area contributed by atoms with Crippen molar-refractivity contribution in [2.24, 2.45) is 0 Å². The first-order valence-corrected chi connectivity index (χ1v) is 29.4. The molecule has 0 aliphatic rings. The van der Waals surface area contributed by atoms with Crippen LogP contribution < -0.4 is 0 Å². The van der Waals surface area contributed by atoms with E-state index in [4.69, 9.17) is 41.2 Å². The van der Waals surface area contributed by atoms with E-state index in [0.717, 1.165) is 93.9 Å². The van der Waals surface area contributed by atoms with Crippen molar-refractivity contribution in [2.75, 3.05) is 0 Å². The standard InChI is InChI=1S/C78H64N10/c1-75(2,3)52-34-50(35-53(40-52)76(4,5)6)73-84-72(85-74(86-73)51-36-54(77(7,8)9)41-55(37-51)78(10,11)12)49-21-29-68(87-66-27-17-46(45-79)33-60(66)63-42-57(81-14)24-30-69(63)87)62(39-49)61-38-48(47-18-22-56(80-13)23-19-47)20-28-67(61)88-70-31-25-58(82-15)43-64(70)65-44-59(83-16)26-32-71(65)88/h17-44H,1-12H3. The van der Waals surface area contributed by atoms with Gasteiger partial charge in [0.15, 0.2) is 40.2 Å². The molecule has 0 radical (unpaired) electrons. The van der Waals surface area contributed by atoms with Crippen LogP contribution in [-0.4, -0.2) is 24.1 Å². The molecule has 9 aromatic carbocycles. The van der Waals surface area contributed by atoms with Crippen molar-refractivity contribution < 1.29 is 0 Å². The van der Waals surface area contributed by atoms with Gasteiger partial charge < -0.3 is 9.13 Å². The molecule has 88 heavy (non-hydrogen) atoms. The average Bonchev–Trinajstić information content (AvgIpc) is 1.61. The van der Waals surface area contributed by atoms with Gasteiger partial charge in [-0.2, -0.15) is 5.26 Å². The minimum Gasteiger partial charge on any atom is -0.309 e. The Morgan fingerprint density at radius 1 is 0.330 bits per heavy atom. The normalized spacial score (nSPS) is 12.0. The molecule has 0 bridgehead atoms. The Balaban J connectivity index is 1.24. The van der Waals surface area contributed by atoms with Crippen molar-refractivity contribution in [3.8, 4) is 73.9 Å². The highest BCUT2D eigenvalue weighted by Crippen LogP contribution is 2.46. The highest BCUT2D eigenvalue weighted by molar-refractivity contribution is 6.13. The van der Waals surface area contributed by atoms with Gasteiger partial charge in [-0.05, 0) is 180 Å². The average molecular weight is 1140 g/mol. The summed E-state index contributed by atoms with van der Waals surface area (Å²) < 4.78 is 4.44. The lowest BCUT2D eigenvalue weighted by molar-refractivity contribution is 0.568. The van der Waals surface area contributed by atoms with Crippen LogP contribution in [0.4, 0.5) is 22.7 Å². The monoisotopic (exact) mass is 1140 g/mol. The fourth-order valence-electron chi connectivity index (χ4n) is 11.8. The van der Waals surface area contributed by atoms with Gasteiger partial charge in [-0.25, -0.2) is 34.3 Å². The first kappa shape index (κ1) is 57.5. The van der Waals surface area contributed by atoms with Crippen molar-refractivity contribution in [1.29, 1.82) is 5.26 Å². The maximum absolute atomic E-state index is 10.3. The number of nitrogens with zero attached hydrogens (tertiary/aromatic N) is 10. The first-order chi connectivity index (χ1) is 41.8. The quantitative estimate of drug-likeness (QED) is 0.149. The van der Waals surface area contributed by atoms with E-state index in [1.807, 2.05) is 97.1 Å². The molecule has 0 fully saturated rings. The number of nitriles is 1. The van der Waals surface area contributed by atoms with Crippen LogP contribution >= 0.6 is 0 Å². The van der Waals surface area contributed by atoms with Crippen LogP contribution in [-0.2, 0) is 21.7 Å². The van der Waals surface area contributed by atoms with Crippen LogP contribution in [0.25, 0.3) is 131 Å². The van der Waals surface area contributed by atoms with Gasteiger partial charge in [0.05, 0.1) is 71.4 Å². The van der Waals surface area contributed by atoms with E-state index in [9.17, 15) is 5.26 Å². The Morgan fingerprint density at radius 2 is 0.648 bits per heavy atom. The molecule has 0 saturated carbocycles. The number of fused-ring (bicyclic) bond motifs is 6. The second-order valence-corrected chi connectivity index (χ2v) is 27.0. The van der Waals surface area contributed by atoms with Gasteiger partial charge >= 0.3 is 0 Å².